The van der Waals surface area contributed by atoms with Gasteiger partial charge in [-0.2, -0.15) is 0 Å². The maximum atomic E-state index is 10.8. The van der Waals surface area contributed by atoms with Crippen molar-refractivity contribution in [3.05, 3.63) is 0 Å². The highest BCUT2D eigenvalue weighted by molar-refractivity contribution is 7.09. The summed E-state index contributed by atoms with van der Waals surface area (Å²) in [4.78, 5) is 2.32. The van der Waals surface area contributed by atoms with Crippen molar-refractivity contribution >= 4 is 14.2 Å². The van der Waals surface area contributed by atoms with Crippen molar-refractivity contribution in [2.75, 3.05) is 0 Å². The Morgan fingerprint density at radius 3 is 1.86 bits per heavy atom. The van der Waals surface area contributed by atoms with E-state index in [1.165, 1.54) is 0 Å². The molecule has 0 aliphatic rings. The molecule has 0 radical (unpaired) electrons. The zero-order valence-electron chi connectivity index (χ0n) is 3.14. The van der Waals surface area contributed by atoms with Gasteiger partial charge >= 0.3 is 14.2 Å². The van der Waals surface area contributed by atoms with Gasteiger partial charge in [-0.05, 0) is 0 Å². The van der Waals surface area contributed by atoms with Crippen LogP contribution >= 0.6 is 0 Å². The molecule has 0 aromatic heterocycles. The van der Waals surface area contributed by atoms with Gasteiger partial charge in [0.05, 0.1) is 0 Å². The highest BCUT2D eigenvalue weighted by Gasteiger charge is 2.35. The highest BCUT2D eigenvalue weighted by atomic mass is 19.3. The quantitative estimate of drug-likeness (QED) is 0.504. The fourth-order valence-corrected chi connectivity index (χ4v) is 0.0389. The maximum Gasteiger partial charge on any atom is 0.569 e. The van der Waals surface area contributed by atoms with Gasteiger partial charge < -0.3 is 5.02 Å². The van der Waals surface area contributed by atoms with Crippen molar-refractivity contribution in [3.8, 4) is 0 Å². The van der Waals surface area contributed by atoms with Crippen molar-refractivity contribution < 1.29 is 23.0 Å². The van der Waals surface area contributed by atoms with E-state index >= 15 is 0 Å². The Morgan fingerprint density at radius 2 is 1.86 bits per heavy atom. The summed E-state index contributed by atoms with van der Waals surface area (Å²) in [6.45, 7) is 0. The third kappa shape index (κ3) is 2.52. The average Bonchev–Trinajstić information content (AvgIpc) is 1.65. The first kappa shape index (κ1) is 6.84. The van der Waals surface area contributed by atoms with Crippen LogP contribution in [0.2, 0.25) is 0 Å². The Balaban J connectivity index is 3.14. The van der Waals surface area contributed by atoms with E-state index in [1.54, 1.807) is 0 Å². The topological polar surface area (TPSA) is 29.5 Å². The number of hydrogen-bond donors (Lipinski definition) is 1. The number of halogens is 3. The highest BCUT2D eigenvalue weighted by Crippen LogP contribution is 1.91. The third-order valence-corrected chi connectivity index (χ3v) is 0.307. The summed E-state index contributed by atoms with van der Waals surface area (Å²) in [7, 11) is -5.77. The predicted molar refractivity (Wildman–Crippen MR) is 18.1 cm³/mol. The first-order chi connectivity index (χ1) is 3.18. The minimum absolute atomic E-state index is 2.32. The lowest BCUT2D eigenvalue weighted by atomic mass is 9.55. The first-order valence-electron chi connectivity index (χ1n) is 1.42. The van der Waals surface area contributed by atoms with E-state index < -0.39 is 14.2 Å². The Bertz CT molecular complexity index is 48.2. The summed E-state index contributed by atoms with van der Waals surface area (Å²) >= 11 is 0. The molecule has 2 nitrogen and oxygen atoms in total. The fourth-order valence-electron chi connectivity index (χ4n) is 0.0389. The predicted octanol–water partition coefficient (Wildman–Crippen LogP) is -0.126. The van der Waals surface area contributed by atoms with Crippen LogP contribution in [0.5, 0.6) is 0 Å². The molecule has 0 aliphatic heterocycles. The van der Waals surface area contributed by atoms with E-state index in [1.807, 2.05) is 0 Å². The molecule has 0 amide bonds. The molecule has 0 rings (SSSR count). The smallest absolute Gasteiger partial charge is 0.427 e. The van der Waals surface area contributed by atoms with Crippen LogP contribution in [0.3, 0.4) is 0 Å². The van der Waals surface area contributed by atoms with Crippen LogP contribution in [0.25, 0.3) is 0 Å². The standard InChI is InChI=1S/B2F3HO2/c3-1(4)2(6)7-5/h6H. The zero-order valence-corrected chi connectivity index (χ0v) is 3.14. The molecule has 0 bridgehead atoms. The normalized spacial score (nSPS) is 8.57. The SMILES string of the molecule is OB(OF)B(F)F. The van der Waals surface area contributed by atoms with Crippen molar-refractivity contribution in [1.29, 1.82) is 0 Å². The second-order valence-corrected chi connectivity index (χ2v) is 0.814. The molecule has 1 N–H and O–H groups in total. The molecule has 0 aliphatic carbocycles. The van der Waals surface area contributed by atoms with E-state index in [4.69, 9.17) is 5.02 Å². The largest absolute Gasteiger partial charge is 0.569 e. The second-order valence-electron chi connectivity index (χ2n) is 0.814. The van der Waals surface area contributed by atoms with Crippen molar-refractivity contribution in [3.63, 3.8) is 0 Å². The van der Waals surface area contributed by atoms with E-state index in [0.717, 1.165) is 0 Å². The fraction of sp³-hybridized carbons (Fsp3) is 0. The number of rotatable bonds is 2. The summed E-state index contributed by atoms with van der Waals surface area (Å²) in [5, 5.41) is 7.59. The second kappa shape index (κ2) is 2.92. The summed E-state index contributed by atoms with van der Waals surface area (Å²) in [6, 6.07) is 0. The molecule has 0 saturated carbocycles. The Kier molecular flexibility index (Phi) is 2.86. The lowest BCUT2D eigenvalue weighted by molar-refractivity contribution is -0.0260. The molecule has 7 heteroatoms. The summed E-state index contributed by atoms with van der Waals surface area (Å²) < 4.78 is 32.0. The Morgan fingerprint density at radius 1 is 1.43 bits per heavy atom. The lowest BCUT2D eigenvalue weighted by Gasteiger charge is -1.88. The van der Waals surface area contributed by atoms with Crippen molar-refractivity contribution in [2.24, 2.45) is 0 Å². The molecule has 0 unspecified atom stereocenters. The van der Waals surface area contributed by atoms with Gasteiger partial charge in [-0.1, -0.05) is 4.53 Å². The summed E-state index contributed by atoms with van der Waals surface area (Å²) in [6.07, 6.45) is 0. The maximum absolute atomic E-state index is 10.8. The van der Waals surface area contributed by atoms with Gasteiger partial charge in [0.25, 0.3) is 0 Å². The minimum atomic E-state index is -3.18. The van der Waals surface area contributed by atoms with Gasteiger partial charge in [-0.3, -0.25) is 8.63 Å². The molecular formula is HB2F3O2. The van der Waals surface area contributed by atoms with Crippen LogP contribution in [-0.4, -0.2) is 19.2 Å². The Hall–Kier alpha value is -0.160. The molecule has 0 atom stereocenters. The molecule has 7 heavy (non-hydrogen) atoms. The Labute approximate surface area is 38.5 Å². The van der Waals surface area contributed by atoms with Crippen LogP contribution in [0.15, 0.2) is 0 Å². The van der Waals surface area contributed by atoms with Crippen LogP contribution in [-0.2, 0) is 4.86 Å². The molecule has 0 aromatic carbocycles. The van der Waals surface area contributed by atoms with Crippen molar-refractivity contribution in [2.45, 2.75) is 0 Å². The number of hydrogen-bond acceptors (Lipinski definition) is 2. The van der Waals surface area contributed by atoms with Crippen LogP contribution in [0, 0.1) is 0 Å². The van der Waals surface area contributed by atoms with Gasteiger partial charge in [-0.25, -0.2) is 4.86 Å². The summed E-state index contributed by atoms with van der Waals surface area (Å²) in [5.74, 6) is 0. The monoisotopic (exact) mass is 112 g/mol. The van der Waals surface area contributed by atoms with Gasteiger partial charge in [0.15, 0.2) is 0 Å². The molecule has 40 valence electrons. The average molecular weight is 112 g/mol. The van der Waals surface area contributed by atoms with Gasteiger partial charge in [0.1, 0.15) is 0 Å². The summed E-state index contributed by atoms with van der Waals surface area (Å²) in [5.41, 5.74) is 0. The van der Waals surface area contributed by atoms with Crippen molar-refractivity contribution in [1.82, 2.24) is 0 Å². The lowest BCUT2D eigenvalue weighted by Crippen LogP contribution is -2.28. The molecule has 0 saturated heterocycles. The van der Waals surface area contributed by atoms with E-state index in [0.29, 0.717) is 0 Å². The van der Waals surface area contributed by atoms with Crippen LogP contribution < -0.4 is 0 Å². The molecule has 0 heterocycles. The van der Waals surface area contributed by atoms with Gasteiger partial charge in [-0.15, -0.1) is 0 Å². The van der Waals surface area contributed by atoms with E-state index in [-0.39, 0.29) is 0 Å². The van der Waals surface area contributed by atoms with E-state index in [2.05, 4.69) is 4.86 Å². The molecule has 0 fully saturated rings. The van der Waals surface area contributed by atoms with Crippen LogP contribution in [0.1, 0.15) is 0 Å². The molecule has 0 aromatic rings. The first-order valence-corrected chi connectivity index (χ1v) is 1.42. The minimum Gasteiger partial charge on any atom is -0.427 e. The third-order valence-electron chi connectivity index (χ3n) is 0.307. The van der Waals surface area contributed by atoms with E-state index in [9.17, 15) is 13.2 Å². The molecule has 0 spiro atoms. The van der Waals surface area contributed by atoms with Gasteiger partial charge in [0, 0.05) is 0 Å². The van der Waals surface area contributed by atoms with Gasteiger partial charge in [0.2, 0.25) is 0 Å². The van der Waals surface area contributed by atoms with Crippen LogP contribution in [0.4, 0.5) is 13.2 Å². The molecular weight excluding hydrogens is 111 g/mol. The zero-order chi connectivity index (χ0) is 5.86.